The van der Waals surface area contributed by atoms with Crippen LogP contribution in [0.2, 0.25) is 0 Å². The number of aryl methyl sites for hydroxylation is 1. The maximum Gasteiger partial charge on any atom is 0.239 e. The Hall–Kier alpha value is -1.66. The minimum atomic E-state index is -0.536. The van der Waals surface area contributed by atoms with E-state index in [1.807, 2.05) is 5.38 Å². The summed E-state index contributed by atoms with van der Waals surface area (Å²) in [6.45, 7) is 2.66. The Labute approximate surface area is 116 Å². The van der Waals surface area contributed by atoms with Gasteiger partial charge in [-0.25, -0.2) is 4.98 Å². The lowest BCUT2D eigenvalue weighted by Crippen LogP contribution is -2.42. The van der Waals surface area contributed by atoms with Crippen molar-refractivity contribution >= 4 is 17.2 Å². The summed E-state index contributed by atoms with van der Waals surface area (Å²) < 4.78 is 0. The molecule has 2 rings (SSSR count). The van der Waals surface area contributed by atoms with Crippen LogP contribution in [-0.2, 0) is 17.8 Å². The first-order chi connectivity index (χ1) is 9.08. The Balaban J connectivity index is 1.93. The molecule has 0 saturated carbocycles. The molecule has 102 valence electrons. The maximum atomic E-state index is 12.2. The van der Waals surface area contributed by atoms with Crippen LogP contribution in [0.1, 0.15) is 16.1 Å². The fourth-order valence-electron chi connectivity index (χ4n) is 1.86. The molecule has 1 atom stereocenters. The van der Waals surface area contributed by atoms with Crippen molar-refractivity contribution in [1.82, 2.24) is 14.9 Å². The number of hydrogen-bond acceptors (Lipinski definition) is 4. The highest BCUT2D eigenvalue weighted by Crippen LogP contribution is 2.17. The fourth-order valence-corrected chi connectivity index (χ4v) is 2.82. The van der Waals surface area contributed by atoms with E-state index in [-0.39, 0.29) is 5.91 Å². The van der Waals surface area contributed by atoms with Gasteiger partial charge in [0.15, 0.2) is 0 Å². The van der Waals surface area contributed by atoms with Gasteiger partial charge in [0.05, 0.1) is 18.9 Å². The number of nitrogens with one attached hydrogen (secondary N) is 1. The number of likely N-dealkylation sites (N-methyl/N-ethyl adjacent to an activating group) is 1. The van der Waals surface area contributed by atoms with E-state index in [1.165, 1.54) is 10.4 Å². The van der Waals surface area contributed by atoms with Crippen LogP contribution in [0, 0.1) is 6.92 Å². The standard InChI is InChI=1S/C13H18N4OS/c1-9-3-4-19-12(9)7-17(2)13(18)11(14)5-10-6-15-8-16-10/h3-4,6,8,11H,5,7,14H2,1-2H3,(H,15,16)/t11-/m0/s1. The zero-order chi connectivity index (χ0) is 13.8. The second kappa shape index (κ2) is 5.99. The van der Waals surface area contributed by atoms with Gasteiger partial charge in [0.2, 0.25) is 5.91 Å². The molecule has 0 radical (unpaired) electrons. The highest BCUT2D eigenvalue weighted by molar-refractivity contribution is 7.10. The summed E-state index contributed by atoms with van der Waals surface area (Å²) >= 11 is 1.66. The van der Waals surface area contributed by atoms with Crippen LogP contribution >= 0.6 is 11.3 Å². The number of rotatable bonds is 5. The summed E-state index contributed by atoms with van der Waals surface area (Å²) in [7, 11) is 1.79. The molecule has 0 aromatic carbocycles. The van der Waals surface area contributed by atoms with Gasteiger partial charge < -0.3 is 15.6 Å². The summed E-state index contributed by atoms with van der Waals surface area (Å²) in [4.78, 5) is 21.9. The molecule has 2 aromatic heterocycles. The van der Waals surface area contributed by atoms with Crippen LogP contribution in [0.15, 0.2) is 24.0 Å². The predicted octanol–water partition coefficient (Wildman–Crippen LogP) is 1.31. The van der Waals surface area contributed by atoms with E-state index in [0.29, 0.717) is 13.0 Å². The number of hydrogen-bond donors (Lipinski definition) is 2. The third-order valence-corrected chi connectivity index (χ3v) is 4.04. The zero-order valence-electron chi connectivity index (χ0n) is 11.1. The van der Waals surface area contributed by atoms with Crippen molar-refractivity contribution in [2.24, 2.45) is 5.73 Å². The van der Waals surface area contributed by atoms with Crippen LogP contribution in [0.25, 0.3) is 0 Å². The molecule has 3 N–H and O–H groups in total. The third kappa shape index (κ3) is 3.42. The molecule has 2 aromatic rings. The Bertz CT molecular complexity index is 535. The van der Waals surface area contributed by atoms with Crippen LogP contribution < -0.4 is 5.73 Å². The van der Waals surface area contributed by atoms with Gasteiger partial charge in [0.1, 0.15) is 0 Å². The minimum absolute atomic E-state index is 0.0533. The molecule has 19 heavy (non-hydrogen) atoms. The van der Waals surface area contributed by atoms with Crippen LogP contribution in [0.4, 0.5) is 0 Å². The summed E-state index contributed by atoms with van der Waals surface area (Å²) in [5, 5.41) is 2.04. The average molecular weight is 278 g/mol. The number of aromatic amines is 1. The van der Waals surface area contributed by atoms with Crippen molar-refractivity contribution in [2.45, 2.75) is 25.9 Å². The number of carbonyl (C=O) groups excluding carboxylic acids is 1. The van der Waals surface area contributed by atoms with E-state index in [0.717, 1.165) is 5.69 Å². The topological polar surface area (TPSA) is 75.0 Å². The van der Waals surface area contributed by atoms with E-state index in [1.54, 1.807) is 35.8 Å². The van der Waals surface area contributed by atoms with Crippen LogP contribution in [0.5, 0.6) is 0 Å². The van der Waals surface area contributed by atoms with Gasteiger partial charge in [0, 0.05) is 30.2 Å². The molecule has 5 nitrogen and oxygen atoms in total. The second-order valence-electron chi connectivity index (χ2n) is 4.61. The largest absolute Gasteiger partial charge is 0.348 e. The fraction of sp³-hybridized carbons (Fsp3) is 0.385. The second-order valence-corrected chi connectivity index (χ2v) is 5.61. The molecule has 6 heteroatoms. The van der Waals surface area contributed by atoms with Gasteiger partial charge >= 0.3 is 0 Å². The molecule has 0 spiro atoms. The SMILES string of the molecule is Cc1ccsc1CN(C)C(=O)[C@@H](N)Cc1cnc[nH]1. The molecule has 0 aliphatic rings. The lowest BCUT2D eigenvalue weighted by Gasteiger charge is -2.20. The molecular weight excluding hydrogens is 260 g/mol. The zero-order valence-corrected chi connectivity index (χ0v) is 11.9. The molecule has 0 aliphatic heterocycles. The molecule has 0 fully saturated rings. The van der Waals surface area contributed by atoms with Crippen molar-refractivity contribution in [3.63, 3.8) is 0 Å². The van der Waals surface area contributed by atoms with Gasteiger partial charge in [-0.1, -0.05) is 0 Å². The molecular formula is C13H18N4OS. The summed E-state index contributed by atoms with van der Waals surface area (Å²) in [5.74, 6) is -0.0533. The average Bonchev–Trinajstić information content (AvgIpc) is 3.01. The van der Waals surface area contributed by atoms with Gasteiger partial charge in [-0.3, -0.25) is 4.79 Å². The number of thiophene rings is 1. The number of nitrogens with two attached hydrogens (primary N) is 1. The number of imidazole rings is 1. The molecule has 0 aliphatic carbocycles. The monoisotopic (exact) mass is 278 g/mol. The van der Waals surface area contributed by atoms with E-state index >= 15 is 0 Å². The normalized spacial score (nSPS) is 12.4. The first-order valence-corrected chi connectivity index (χ1v) is 6.96. The Morgan fingerprint density at radius 2 is 2.42 bits per heavy atom. The van der Waals surface area contributed by atoms with Crippen LogP contribution in [-0.4, -0.2) is 33.9 Å². The Morgan fingerprint density at radius 1 is 1.63 bits per heavy atom. The smallest absolute Gasteiger partial charge is 0.239 e. The van der Waals surface area contributed by atoms with Crippen molar-refractivity contribution in [3.05, 3.63) is 40.1 Å². The third-order valence-electron chi connectivity index (χ3n) is 3.04. The van der Waals surface area contributed by atoms with Crippen molar-refractivity contribution in [2.75, 3.05) is 7.05 Å². The van der Waals surface area contributed by atoms with Crippen LogP contribution in [0.3, 0.4) is 0 Å². The quantitative estimate of drug-likeness (QED) is 0.866. The van der Waals surface area contributed by atoms with E-state index in [2.05, 4.69) is 23.0 Å². The predicted molar refractivity (Wildman–Crippen MR) is 75.8 cm³/mol. The minimum Gasteiger partial charge on any atom is -0.348 e. The number of nitrogens with zero attached hydrogens (tertiary/aromatic N) is 2. The number of aromatic nitrogens is 2. The highest BCUT2D eigenvalue weighted by atomic mass is 32.1. The van der Waals surface area contributed by atoms with Crippen molar-refractivity contribution in [3.8, 4) is 0 Å². The van der Waals surface area contributed by atoms with Gasteiger partial charge in [0.25, 0.3) is 0 Å². The van der Waals surface area contributed by atoms with E-state index in [4.69, 9.17) is 5.73 Å². The summed E-state index contributed by atoms with van der Waals surface area (Å²) in [6.07, 6.45) is 3.76. The summed E-state index contributed by atoms with van der Waals surface area (Å²) in [6, 6.07) is 1.52. The molecule has 0 unspecified atom stereocenters. The molecule has 2 heterocycles. The van der Waals surface area contributed by atoms with Gasteiger partial charge in [-0.05, 0) is 23.9 Å². The number of carbonyl (C=O) groups is 1. The Kier molecular flexibility index (Phi) is 4.34. The van der Waals surface area contributed by atoms with Gasteiger partial charge in [-0.15, -0.1) is 11.3 Å². The summed E-state index contributed by atoms with van der Waals surface area (Å²) in [5.41, 5.74) is 8.03. The first-order valence-electron chi connectivity index (χ1n) is 6.08. The lowest BCUT2D eigenvalue weighted by atomic mass is 10.1. The molecule has 1 amide bonds. The lowest BCUT2D eigenvalue weighted by molar-refractivity contribution is -0.131. The van der Waals surface area contributed by atoms with Crippen molar-refractivity contribution < 1.29 is 4.79 Å². The molecule has 0 bridgehead atoms. The van der Waals surface area contributed by atoms with E-state index in [9.17, 15) is 4.79 Å². The number of amides is 1. The van der Waals surface area contributed by atoms with Gasteiger partial charge in [-0.2, -0.15) is 0 Å². The first kappa shape index (κ1) is 13.8. The van der Waals surface area contributed by atoms with E-state index < -0.39 is 6.04 Å². The highest BCUT2D eigenvalue weighted by Gasteiger charge is 2.19. The Morgan fingerprint density at radius 3 is 3.00 bits per heavy atom. The number of H-pyrrole nitrogens is 1. The van der Waals surface area contributed by atoms with Crippen molar-refractivity contribution in [1.29, 1.82) is 0 Å². The maximum absolute atomic E-state index is 12.2. The molecule has 0 saturated heterocycles.